The van der Waals surface area contributed by atoms with Gasteiger partial charge in [-0.25, -0.2) is 14.8 Å². The molecule has 0 atom stereocenters. The van der Waals surface area contributed by atoms with Crippen molar-refractivity contribution in [2.24, 2.45) is 5.41 Å². The first-order chi connectivity index (χ1) is 12.2. The van der Waals surface area contributed by atoms with Crippen molar-refractivity contribution in [2.75, 3.05) is 26.7 Å². The Hall–Kier alpha value is -2.11. The Morgan fingerprint density at radius 2 is 2.00 bits per heavy atom. The number of hydrazine groups is 1. The average molecular weight is 339 g/mol. The number of benzene rings is 1. The number of carbonyl (C=O) groups is 1. The lowest BCUT2D eigenvalue weighted by molar-refractivity contribution is 0.0366. The zero-order valence-corrected chi connectivity index (χ0v) is 14.7. The first-order valence-electron chi connectivity index (χ1n) is 9.01. The molecule has 0 saturated carbocycles. The number of rotatable bonds is 2. The third-order valence-corrected chi connectivity index (χ3v) is 5.49. The minimum absolute atomic E-state index is 0.273. The minimum Gasteiger partial charge on any atom is -0.443 e. The molecule has 1 aromatic rings. The SMILES string of the molecule is CN1CC2=C(C=CC3(CCNCC3)C2)N1C(=O)OCc1ccccc1. The molecule has 25 heavy (non-hydrogen) atoms. The van der Waals surface area contributed by atoms with E-state index >= 15 is 0 Å². The molecule has 1 N–H and O–H groups in total. The molecule has 2 heterocycles. The Morgan fingerprint density at radius 3 is 2.76 bits per heavy atom. The summed E-state index contributed by atoms with van der Waals surface area (Å²) in [6, 6.07) is 9.79. The Labute approximate surface area is 148 Å². The van der Waals surface area contributed by atoms with E-state index in [0.29, 0.717) is 6.61 Å². The van der Waals surface area contributed by atoms with Crippen LogP contribution < -0.4 is 5.32 Å². The van der Waals surface area contributed by atoms with Crippen LogP contribution in [-0.2, 0) is 11.3 Å². The van der Waals surface area contributed by atoms with Crippen LogP contribution in [0.2, 0.25) is 0 Å². The third-order valence-electron chi connectivity index (χ3n) is 5.49. The van der Waals surface area contributed by atoms with Gasteiger partial charge in [0, 0.05) is 13.6 Å². The van der Waals surface area contributed by atoms with Gasteiger partial charge in [-0.15, -0.1) is 0 Å². The van der Waals surface area contributed by atoms with Crippen LogP contribution in [-0.4, -0.2) is 42.8 Å². The summed E-state index contributed by atoms with van der Waals surface area (Å²) in [6.07, 6.45) is 7.54. The molecule has 0 aromatic heterocycles. The predicted octanol–water partition coefficient (Wildman–Crippen LogP) is 3.07. The number of carbonyl (C=O) groups excluding carboxylic acids is 1. The molecule has 3 aliphatic rings. The maximum Gasteiger partial charge on any atom is 0.429 e. The third kappa shape index (κ3) is 3.22. The van der Waals surface area contributed by atoms with E-state index < -0.39 is 0 Å². The maximum absolute atomic E-state index is 12.6. The highest BCUT2D eigenvalue weighted by molar-refractivity contribution is 5.71. The van der Waals surface area contributed by atoms with Crippen LogP contribution in [0.1, 0.15) is 24.8 Å². The Kier molecular flexibility index (Phi) is 4.36. The normalized spacial score (nSPS) is 22.4. The highest BCUT2D eigenvalue weighted by Crippen LogP contribution is 2.44. The molecule has 5 nitrogen and oxygen atoms in total. The molecule has 1 saturated heterocycles. The second-order valence-corrected chi connectivity index (χ2v) is 7.28. The lowest BCUT2D eigenvalue weighted by atomic mass is 9.71. The first-order valence-corrected chi connectivity index (χ1v) is 9.01. The smallest absolute Gasteiger partial charge is 0.429 e. The number of nitrogens with zero attached hydrogens (tertiary/aromatic N) is 2. The van der Waals surface area contributed by atoms with Gasteiger partial charge in [-0.1, -0.05) is 36.4 Å². The summed E-state index contributed by atoms with van der Waals surface area (Å²) >= 11 is 0. The van der Waals surface area contributed by atoms with Gasteiger partial charge in [0.05, 0.1) is 5.70 Å². The quantitative estimate of drug-likeness (QED) is 0.899. The van der Waals surface area contributed by atoms with Crippen LogP contribution in [0, 0.1) is 5.41 Å². The fraction of sp³-hybridized carbons (Fsp3) is 0.450. The number of piperidine rings is 1. The van der Waals surface area contributed by atoms with Crippen molar-refractivity contribution in [3.05, 3.63) is 59.3 Å². The molecule has 1 aromatic carbocycles. The van der Waals surface area contributed by atoms with Gasteiger partial charge in [0.2, 0.25) is 0 Å². The number of nitrogens with one attached hydrogen (secondary N) is 1. The molecule has 1 aliphatic carbocycles. The highest BCUT2D eigenvalue weighted by Gasteiger charge is 2.40. The lowest BCUT2D eigenvalue weighted by Crippen LogP contribution is -2.39. The highest BCUT2D eigenvalue weighted by atomic mass is 16.6. The van der Waals surface area contributed by atoms with E-state index in [9.17, 15) is 4.79 Å². The second kappa shape index (κ2) is 6.65. The van der Waals surface area contributed by atoms with Crippen LogP contribution in [0.25, 0.3) is 0 Å². The number of likely N-dealkylation sites (N-methyl/N-ethyl adjacent to an activating group) is 1. The van der Waals surface area contributed by atoms with Gasteiger partial charge >= 0.3 is 6.09 Å². The van der Waals surface area contributed by atoms with E-state index in [2.05, 4.69) is 17.5 Å². The Morgan fingerprint density at radius 1 is 1.24 bits per heavy atom. The van der Waals surface area contributed by atoms with Crippen molar-refractivity contribution in [3.8, 4) is 0 Å². The average Bonchev–Trinajstić information content (AvgIpc) is 2.96. The summed E-state index contributed by atoms with van der Waals surface area (Å²) in [6.45, 7) is 3.25. The number of ether oxygens (including phenoxy) is 1. The molecular weight excluding hydrogens is 314 g/mol. The van der Waals surface area contributed by atoms with Crippen molar-refractivity contribution in [1.82, 2.24) is 15.3 Å². The zero-order valence-electron chi connectivity index (χ0n) is 14.7. The van der Waals surface area contributed by atoms with E-state index in [0.717, 1.165) is 37.3 Å². The van der Waals surface area contributed by atoms with Gasteiger partial charge in [-0.3, -0.25) is 0 Å². The molecule has 5 heteroatoms. The van der Waals surface area contributed by atoms with Crippen molar-refractivity contribution in [3.63, 3.8) is 0 Å². The standard InChI is InChI=1S/C20H25N3O2/c1-22-14-17-13-20(9-11-21-12-10-20)8-7-18(17)23(22)19(24)25-15-16-5-3-2-4-6-16/h2-8,21H,9-15H2,1H3. The van der Waals surface area contributed by atoms with Crippen molar-refractivity contribution in [1.29, 1.82) is 0 Å². The van der Waals surface area contributed by atoms with Crippen LogP contribution in [0.4, 0.5) is 4.79 Å². The molecule has 0 unspecified atom stereocenters. The first kappa shape index (κ1) is 16.4. The molecule has 4 rings (SSSR count). The fourth-order valence-corrected chi connectivity index (χ4v) is 4.12. The van der Waals surface area contributed by atoms with Crippen LogP contribution in [0.5, 0.6) is 0 Å². The molecule has 1 spiro atoms. The van der Waals surface area contributed by atoms with Gasteiger partial charge in [-0.2, -0.15) is 0 Å². The molecule has 132 valence electrons. The zero-order chi connectivity index (χ0) is 17.3. The molecule has 1 fully saturated rings. The van der Waals surface area contributed by atoms with Gasteiger partial charge < -0.3 is 10.1 Å². The number of hydrogen-bond acceptors (Lipinski definition) is 4. The summed E-state index contributed by atoms with van der Waals surface area (Å²) in [5.74, 6) is 0. The lowest BCUT2D eigenvalue weighted by Gasteiger charge is -2.37. The van der Waals surface area contributed by atoms with Gasteiger partial charge in [-0.05, 0) is 55.0 Å². The van der Waals surface area contributed by atoms with E-state index in [1.807, 2.05) is 42.4 Å². The topological polar surface area (TPSA) is 44.8 Å². The van der Waals surface area contributed by atoms with Crippen molar-refractivity contribution < 1.29 is 9.53 Å². The molecule has 2 aliphatic heterocycles. The van der Waals surface area contributed by atoms with Gasteiger partial charge in [0.15, 0.2) is 0 Å². The number of hydrogen-bond donors (Lipinski definition) is 1. The summed E-state index contributed by atoms with van der Waals surface area (Å²) < 4.78 is 5.54. The second-order valence-electron chi connectivity index (χ2n) is 7.28. The largest absolute Gasteiger partial charge is 0.443 e. The molecule has 0 bridgehead atoms. The van der Waals surface area contributed by atoms with E-state index in [1.165, 1.54) is 18.4 Å². The summed E-state index contributed by atoms with van der Waals surface area (Å²) in [7, 11) is 1.95. The molecular formula is C20H25N3O2. The summed E-state index contributed by atoms with van der Waals surface area (Å²) in [5.41, 5.74) is 3.63. The number of amides is 1. The Balaban J connectivity index is 1.45. The van der Waals surface area contributed by atoms with Crippen LogP contribution in [0.15, 0.2) is 53.8 Å². The van der Waals surface area contributed by atoms with E-state index in [4.69, 9.17) is 4.74 Å². The fourth-order valence-electron chi connectivity index (χ4n) is 4.12. The molecule has 0 radical (unpaired) electrons. The van der Waals surface area contributed by atoms with E-state index in [-0.39, 0.29) is 11.5 Å². The summed E-state index contributed by atoms with van der Waals surface area (Å²) in [4.78, 5) is 12.6. The van der Waals surface area contributed by atoms with Crippen LogP contribution >= 0.6 is 0 Å². The van der Waals surface area contributed by atoms with Gasteiger partial charge in [0.25, 0.3) is 0 Å². The van der Waals surface area contributed by atoms with Crippen molar-refractivity contribution in [2.45, 2.75) is 25.9 Å². The van der Waals surface area contributed by atoms with Crippen molar-refractivity contribution >= 4 is 6.09 Å². The predicted molar refractivity (Wildman–Crippen MR) is 96.4 cm³/mol. The van der Waals surface area contributed by atoms with E-state index in [1.54, 1.807) is 5.01 Å². The van der Waals surface area contributed by atoms with Crippen LogP contribution in [0.3, 0.4) is 0 Å². The van der Waals surface area contributed by atoms with Gasteiger partial charge in [0.1, 0.15) is 6.61 Å². The maximum atomic E-state index is 12.6. The summed E-state index contributed by atoms with van der Waals surface area (Å²) in [5, 5.41) is 7.08. The minimum atomic E-state index is -0.303. The number of allylic oxidation sites excluding steroid dienone is 2. The Bertz CT molecular complexity index is 705. The molecule has 1 amide bonds. The monoisotopic (exact) mass is 339 g/mol.